The molecule has 1 fully saturated rings. The second-order valence-corrected chi connectivity index (χ2v) is 4.32. The minimum Gasteiger partial charge on any atom is -0.394 e. The van der Waals surface area contributed by atoms with E-state index in [2.05, 4.69) is 5.32 Å². The van der Waals surface area contributed by atoms with Crippen molar-refractivity contribution in [2.45, 2.75) is 13.0 Å². The first-order valence-electron chi connectivity index (χ1n) is 5.75. The van der Waals surface area contributed by atoms with Crippen molar-refractivity contribution in [2.24, 2.45) is 0 Å². The molecule has 1 aliphatic heterocycles. The van der Waals surface area contributed by atoms with Crippen LogP contribution in [-0.2, 0) is 4.79 Å². The Hall–Kier alpha value is -2.18. The molecule has 1 atom stereocenters. The fourth-order valence-electron chi connectivity index (χ4n) is 1.93. The molecule has 1 saturated heterocycles. The summed E-state index contributed by atoms with van der Waals surface area (Å²) in [5.74, 6) is -2.87. The summed E-state index contributed by atoms with van der Waals surface area (Å²) in [7, 11) is 0. The predicted molar refractivity (Wildman–Crippen MR) is 64.3 cm³/mol. The van der Waals surface area contributed by atoms with E-state index in [4.69, 9.17) is 5.73 Å². The van der Waals surface area contributed by atoms with Gasteiger partial charge in [0.2, 0.25) is 5.91 Å². The molecule has 1 aliphatic rings. The molecule has 1 heterocycles. The van der Waals surface area contributed by atoms with Crippen LogP contribution in [0.15, 0.2) is 12.1 Å². The Kier molecular flexibility index (Phi) is 3.37. The van der Waals surface area contributed by atoms with Gasteiger partial charge in [-0.15, -0.1) is 0 Å². The standard InChI is InChI=1S/C12H13F2N3O2/c1-6-11(18)16-2-3-17(6)12(19)7-4-8(13)10(15)9(14)5-7/h4-6H,2-3,15H2,1H3,(H,16,18). The zero-order valence-electron chi connectivity index (χ0n) is 10.2. The van der Waals surface area contributed by atoms with Crippen LogP contribution in [0.25, 0.3) is 0 Å². The quantitative estimate of drug-likeness (QED) is 0.729. The summed E-state index contributed by atoms with van der Waals surface area (Å²) in [5, 5.41) is 2.60. The van der Waals surface area contributed by atoms with Crippen LogP contribution >= 0.6 is 0 Å². The van der Waals surface area contributed by atoms with E-state index >= 15 is 0 Å². The molecule has 19 heavy (non-hydrogen) atoms. The molecule has 0 spiro atoms. The van der Waals surface area contributed by atoms with Crippen molar-refractivity contribution < 1.29 is 18.4 Å². The van der Waals surface area contributed by atoms with Crippen molar-refractivity contribution in [1.29, 1.82) is 0 Å². The highest BCUT2D eigenvalue weighted by molar-refractivity contribution is 5.98. The number of halogens is 2. The third kappa shape index (κ3) is 2.35. The van der Waals surface area contributed by atoms with Gasteiger partial charge >= 0.3 is 0 Å². The van der Waals surface area contributed by atoms with Gasteiger partial charge in [-0.25, -0.2) is 8.78 Å². The maximum Gasteiger partial charge on any atom is 0.254 e. The maximum absolute atomic E-state index is 13.3. The zero-order valence-corrected chi connectivity index (χ0v) is 10.2. The molecular weight excluding hydrogens is 256 g/mol. The Morgan fingerprint density at radius 1 is 1.42 bits per heavy atom. The number of nitrogens with zero attached hydrogens (tertiary/aromatic N) is 1. The Morgan fingerprint density at radius 3 is 2.58 bits per heavy atom. The summed E-state index contributed by atoms with van der Waals surface area (Å²) in [6.07, 6.45) is 0. The van der Waals surface area contributed by atoms with E-state index in [1.807, 2.05) is 0 Å². The van der Waals surface area contributed by atoms with Crippen molar-refractivity contribution in [1.82, 2.24) is 10.2 Å². The van der Waals surface area contributed by atoms with E-state index in [-0.39, 0.29) is 11.5 Å². The highest BCUT2D eigenvalue weighted by Crippen LogP contribution is 2.19. The molecule has 0 bridgehead atoms. The molecule has 0 saturated carbocycles. The SMILES string of the molecule is CC1C(=O)NCCN1C(=O)c1cc(F)c(N)c(F)c1. The molecule has 0 radical (unpaired) electrons. The molecule has 3 N–H and O–H groups in total. The lowest BCUT2D eigenvalue weighted by Gasteiger charge is -2.32. The molecule has 2 rings (SSSR count). The largest absolute Gasteiger partial charge is 0.394 e. The van der Waals surface area contributed by atoms with Crippen LogP contribution in [0.1, 0.15) is 17.3 Å². The second-order valence-electron chi connectivity index (χ2n) is 4.32. The first-order valence-corrected chi connectivity index (χ1v) is 5.75. The van der Waals surface area contributed by atoms with Crippen molar-refractivity contribution in [3.05, 3.63) is 29.3 Å². The lowest BCUT2D eigenvalue weighted by Crippen LogP contribution is -2.55. The molecule has 0 aliphatic carbocycles. The van der Waals surface area contributed by atoms with Crippen LogP contribution in [0.4, 0.5) is 14.5 Å². The number of benzene rings is 1. The van der Waals surface area contributed by atoms with E-state index in [9.17, 15) is 18.4 Å². The lowest BCUT2D eigenvalue weighted by molar-refractivity contribution is -0.127. The van der Waals surface area contributed by atoms with E-state index in [0.29, 0.717) is 13.1 Å². The summed E-state index contributed by atoms with van der Waals surface area (Å²) in [4.78, 5) is 24.9. The highest BCUT2D eigenvalue weighted by atomic mass is 19.1. The van der Waals surface area contributed by atoms with Crippen molar-refractivity contribution in [3.8, 4) is 0 Å². The van der Waals surface area contributed by atoms with Crippen molar-refractivity contribution in [3.63, 3.8) is 0 Å². The fraction of sp³-hybridized carbons (Fsp3) is 0.333. The number of hydrogen-bond donors (Lipinski definition) is 2. The number of hydrogen-bond acceptors (Lipinski definition) is 3. The zero-order chi connectivity index (χ0) is 14.2. The van der Waals surface area contributed by atoms with Crippen LogP contribution in [0.2, 0.25) is 0 Å². The van der Waals surface area contributed by atoms with Gasteiger partial charge in [0, 0.05) is 18.7 Å². The van der Waals surface area contributed by atoms with E-state index < -0.39 is 29.3 Å². The Balaban J connectivity index is 2.31. The fourth-order valence-corrected chi connectivity index (χ4v) is 1.93. The number of nitrogens with two attached hydrogens (primary N) is 1. The van der Waals surface area contributed by atoms with Gasteiger partial charge in [0.05, 0.1) is 0 Å². The summed E-state index contributed by atoms with van der Waals surface area (Å²) < 4.78 is 26.7. The van der Waals surface area contributed by atoms with Gasteiger partial charge in [-0.3, -0.25) is 9.59 Å². The first-order chi connectivity index (χ1) is 8.91. The van der Waals surface area contributed by atoms with Crippen LogP contribution in [-0.4, -0.2) is 35.8 Å². The van der Waals surface area contributed by atoms with E-state index in [1.54, 1.807) is 6.92 Å². The molecule has 1 unspecified atom stereocenters. The average Bonchev–Trinajstić information content (AvgIpc) is 2.38. The summed E-state index contributed by atoms with van der Waals surface area (Å²) >= 11 is 0. The molecule has 1 aromatic rings. The summed E-state index contributed by atoms with van der Waals surface area (Å²) in [6, 6.07) is 1.07. The van der Waals surface area contributed by atoms with Crippen molar-refractivity contribution >= 4 is 17.5 Å². The minimum absolute atomic E-state index is 0.161. The summed E-state index contributed by atoms with van der Waals surface area (Å²) in [5.41, 5.74) is 4.35. The number of nitrogens with one attached hydrogen (secondary N) is 1. The average molecular weight is 269 g/mol. The van der Waals surface area contributed by atoms with Gasteiger partial charge < -0.3 is 16.0 Å². The van der Waals surface area contributed by atoms with Gasteiger partial charge in [0.15, 0.2) is 0 Å². The van der Waals surface area contributed by atoms with E-state index in [0.717, 1.165) is 12.1 Å². The highest BCUT2D eigenvalue weighted by Gasteiger charge is 2.30. The maximum atomic E-state index is 13.3. The van der Waals surface area contributed by atoms with Gasteiger partial charge in [0.1, 0.15) is 23.4 Å². The number of amides is 2. The number of carbonyl (C=O) groups excluding carboxylic acids is 2. The van der Waals surface area contributed by atoms with Gasteiger partial charge in [-0.1, -0.05) is 0 Å². The van der Waals surface area contributed by atoms with Crippen LogP contribution < -0.4 is 11.1 Å². The number of nitrogen functional groups attached to an aromatic ring is 1. The molecule has 102 valence electrons. The van der Waals surface area contributed by atoms with E-state index in [1.165, 1.54) is 4.90 Å². The summed E-state index contributed by atoms with van der Waals surface area (Å²) in [6.45, 7) is 2.16. The second kappa shape index (κ2) is 4.83. The Morgan fingerprint density at radius 2 is 2.00 bits per heavy atom. The van der Waals surface area contributed by atoms with Gasteiger partial charge in [0.25, 0.3) is 5.91 Å². The Bertz CT molecular complexity index is 525. The smallest absolute Gasteiger partial charge is 0.254 e. The van der Waals surface area contributed by atoms with Gasteiger partial charge in [-0.2, -0.15) is 0 Å². The molecular formula is C12H13F2N3O2. The number of carbonyl (C=O) groups is 2. The predicted octanol–water partition coefficient (Wildman–Crippen LogP) is 0.508. The third-order valence-corrected chi connectivity index (χ3v) is 3.09. The van der Waals surface area contributed by atoms with Gasteiger partial charge in [-0.05, 0) is 19.1 Å². The Labute approximate surface area is 108 Å². The normalized spacial score (nSPS) is 19.2. The van der Waals surface area contributed by atoms with Crippen LogP contribution in [0.3, 0.4) is 0 Å². The first kappa shape index (κ1) is 13.3. The molecule has 5 nitrogen and oxygen atoms in total. The monoisotopic (exact) mass is 269 g/mol. The molecule has 7 heteroatoms. The molecule has 2 amide bonds. The molecule has 1 aromatic carbocycles. The lowest BCUT2D eigenvalue weighted by atomic mass is 10.1. The van der Waals surface area contributed by atoms with Crippen LogP contribution in [0, 0.1) is 11.6 Å². The third-order valence-electron chi connectivity index (χ3n) is 3.09. The molecule has 0 aromatic heterocycles. The number of anilines is 1. The number of rotatable bonds is 1. The van der Waals surface area contributed by atoms with Crippen LogP contribution in [0.5, 0.6) is 0 Å². The number of piperazine rings is 1. The minimum atomic E-state index is -0.988. The van der Waals surface area contributed by atoms with Crippen molar-refractivity contribution in [2.75, 3.05) is 18.8 Å². The topological polar surface area (TPSA) is 75.4 Å².